The molecule has 0 aromatic heterocycles. The van der Waals surface area contributed by atoms with E-state index in [2.05, 4.69) is 4.74 Å². The fraction of sp³-hybridized carbons (Fsp3) is 0.667. The summed E-state index contributed by atoms with van der Waals surface area (Å²) in [5, 5.41) is 16.2. The fourth-order valence-corrected chi connectivity index (χ4v) is 0.192. The van der Waals surface area contributed by atoms with Crippen LogP contribution in [0.3, 0.4) is 0 Å². The second-order valence-corrected chi connectivity index (χ2v) is 1.28. The van der Waals surface area contributed by atoms with Crippen molar-refractivity contribution in [3.05, 3.63) is 0 Å². The maximum Gasteiger partial charge on any atom is 0.492 e. The Morgan fingerprint density at radius 1 is 1.75 bits per heavy atom. The lowest BCUT2D eigenvalue weighted by Crippen LogP contribution is -2.21. The minimum absolute atomic E-state index is 0.352. The van der Waals surface area contributed by atoms with E-state index < -0.39 is 13.1 Å². The Labute approximate surface area is 47.2 Å². The number of esters is 1. The SMILES string of the molecule is CC(=O)OCB(O)O. The zero-order valence-electron chi connectivity index (χ0n) is 4.50. The average Bonchev–Trinajstić information content (AvgIpc) is 1.61. The largest absolute Gasteiger partial charge is 0.492 e. The molecule has 4 nitrogen and oxygen atoms in total. The standard InChI is InChI=1S/C3H7BO4/c1-3(5)8-2-4(6)7/h6-7H,2H2,1H3. The van der Waals surface area contributed by atoms with Crippen LogP contribution in [0.25, 0.3) is 0 Å². The first-order chi connectivity index (χ1) is 3.63. The Kier molecular flexibility index (Phi) is 3.22. The van der Waals surface area contributed by atoms with Gasteiger partial charge in [-0.2, -0.15) is 0 Å². The molecule has 0 aromatic carbocycles. The lowest BCUT2D eigenvalue weighted by Gasteiger charge is -1.96. The highest BCUT2D eigenvalue weighted by Gasteiger charge is 2.07. The normalized spacial score (nSPS) is 8.38. The molecular formula is C3H7BO4. The van der Waals surface area contributed by atoms with E-state index in [4.69, 9.17) is 10.0 Å². The summed E-state index contributed by atoms with van der Waals surface area (Å²) in [5.74, 6) is -0.516. The fourth-order valence-electron chi connectivity index (χ4n) is 0.192. The molecule has 0 fully saturated rings. The summed E-state index contributed by atoms with van der Waals surface area (Å²) in [6.45, 7) is 0.845. The molecule has 0 radical (unpaired) electrons. The smallest absolute Gasteiger partial charge is 0.468 e. The summed E-state index contributed by atoms with van der Waals surface area (Å²) in [6, 6.07) is 0. The molecule has 0 bridgehead atoms. The van der Waals surface area contributed by atoms with Gasteiger partial charge in [0.05, 0.1) is 0 Å². The summed E-state index contributed by atoms with van der Waals surface area (Å²) >= 11 is 0. The highest BCUT2D eigenvalue weighted by Crippen LogP contribution is 1.75. The van der Waals surface area contributed by atoms with Crippen LogP contribution in [0.4, 0.5) is 0 Å². The minimum atomic E-state index is -1.56. The van der Waals surface area contributed by atoms with Crippen LogP contribution >= 0.6 is 0 Å². The molecule has 0 unspecified atom stereocenters. The van der Waals surface area contributed by atoms with Gasteiger partial charge >= 0.3 is 13.1 Å². The van der Waals surface area contributed by atoms with Crippen LogP contribution < -0.4 is 0 Å². The van der Waals surface area contributed by atoms with Crippen molar-refractivity contribution in [1.29, 1.82) is 0 Å². The minimum Gasteiger partial charge on any atom is -0.468 e. The molecule has 0 spiro atoms. The number of carbonyl (C=O) groups excluding carboxylic acids is 1. The maximum atomic E-state index is 9.90. The first-order valence-corrected chi connectivity index (χ1v) is 2.12. The molecule has 0 rings (SSSR count). The lowest BCUT2D eigenvalue weighted by molar-refractivity contribution is -0.139. The van der Waals surface area contributed by atoms with Gasteiger partial charge in [-0.05, 0) is 0 Å². The molecule has 0 saturated carbocycles. The third kappa shape index (κ3) is 5.45. The molecule has 0 saturated heterocycles. The van der Waals surface area contributed by atoms with E-state index >= 15 is 0 Å². The zero-order chi connectivity index (χ0) is 6.57. The quantitative estimate of drug-likeness (QED) is 0.344. The van der Waals surface area contributed by atoms with Gasteiger partial charge in [-0.1, -0.05) is 0 Å². The Morgan fingerprint density at radius 2 is 2.25 bits per heavy atom. The van der Waals surface area contributed by atoms with Crippen LogP contribution in [0, 0.1) is 0 Å². The summed E-state index contributed by atoms with van der Waals surface area (Å²) in [4.78, 5) is 9.90. The predicted molar refractivity (Wildman–Crippen MR) is 26.8 cm³/mol. The highest BCUT2D eigenvalue weighted by molar-refractivity contribution is 6.41. The molecular weight excluding hydrogens is 111 g/mol. The summed E-state index contributed by atoms with van der Waals surface area (Å²) in [5.41, 5.74) is 0. The van der Waals surface area contributed by atoms with Crippen molar-refractivity contribution in [3.63, 3.8) is 0 Å². The number of carbonyl (C=O) groups is 1. The van der Waals surface area contributed by atoms with Crippen LogP contribution in [0.15, 0.2) is 0 Å². The van der Waals surface area contributed by atoms with Crippen LogP contribution in [0.1, 0.15) is 6.92 Å². The van der Waals surface area contributed by atoms with Gasteiger partial charge in [0.1, 0.15) is 6.51 Å². The van der Waals surface area contributed by atoms with Crippen LogP contribution in [0.5, 0.6) is 0 Å². The first-order valence-electron chi connectivity index (χ1n) is 2.12. The lowest BCUT2D eigenvalue weighted by atomic mass is 9.95. The van der Waals surface area contributed by atoms with E-state index in [1.54, 1.807) is 0 Å². The van der Waals surface area contributed by atoms with E-state index in [1.807, 2.05) is 0 Å². The van der Waals surface area contributed by atoms with Crippen molar-refractivity contribution in [2.24, 2.45) is 0 Å². The average molecular weight is 118 g/mol. The van der Waals surface area contributed by atoms with Crippen molar-refractivity contribution in [2.75, 3.05) is 6.51 Å². The number of rotatable bonds is 2. The third-order valence-electron chi connectivity index (χ3n) is 0.436. The second-order valence-electron chi connectivity index (χ2n) is 1.28. The van der Waals surface area contributed by atoms with Gasteiger partial charge in [0.15, 0.2) is 0 Å². The first kappa shape index (κ1) is 7.45. The molecule has 0 aromatic rings. The maximum absolute atomic E-state index is 9.90. The summed E-state index contributed by atoms with van der Waals surface area (Å²) in [7, 11) is -1.56. The van der Waals surface area contributed by atoms with Gasteiger partial charge in [0.25, 0.3) is 0 Å². The van der Waals surface area contributed by atoms with Crippen molar-refractivity contribution in [1.82, 2.24) is 0 Å². The third-order valence-corrected chi connectivity index (χ3v) is 0.436. The highest BCUT2D eigenvalue weighted by atomic mass is 16.5. The van der Waals surface area contributed by atoms with Crippen LogP contribution in [-0.4, -0.2) is 29.6 Å². The Balaban J connectivity index is 3.05. The predicted octanol–water partition coefficient (Wildman–Crippen LogP) is -1.44. The molecule has 0 aliphatic carbocycles. The van der Waals surface area contributed by atoms with Gasteiger partial charge in [-0.3, -0.25) is 4.79 Å². The van der Waals surface area contributed by atoms with Gasteiger partial charge in [-0.25, -0.2) is 0 Å². The molecule has 0 aliphatic heterocycles. The number of hydrogen-bond acceptors (Lipinski definition) is 4. The molecule has 0 amide bonds. The van der Waals surface area contributed by atoms with E-state index in [9.17, 15) is 4.79 Å². The summed E-state index contributed by atoms with van der Waals surface area (Å²) in [6.07, 6.45) is 0. The Morgan fingerprint density at radius 3 is 2.38 bits per heavy atom. The van der Waals surface area contributed by atoms with Crippen LogP contribution in [0.2, 0.25) is 0 Å². The van der Waals surface area contributed by atoms with Crippen molar-refractivity contribution >= 4 is 13.1 Å². The van der Waals surface area contributed by atoms with Gasteiger partial charge in [-0.15, -0.1) is 0 Å². The van der Waals surface area contributed by atoms with Gasteiger partial charge < -0.3 is 14.8 Å². The topological polar surface area (TPSA) is 66.8 Å². The molecule has 0 aliphatic rings. The second kappa shape index (κ2) is 3.46. The van der Waals surface area contributed by atoms with Crippen molar-refractivity contribution in [3.8, 4) is 0 Å². The zero-order valence-corrected chi connectivity index (χ0v) is 4.50. The molecule has 0 atom stereocenters. The van der Waals surface area contributed by atoms with E-state index in [0.29, 0.717) is 0 Å². The molecule has 2 N–H and O–H groups in total. The van der Waals surface area contributed by atoms with E-state index in [1.165, 1.54) is 6.92 Å². The monoisotopic (exact) mass is 118 g/mol. The molecule has 8 heavy (non-hydrogen) atoms. The van der Waals surface area contributed by atoms with Gasteiger partial charge in [0, 0.05) is 6.92 Å². The number of hydrogen-bond donors (Lipinski definition) is 2. The number of ether oxygens (including phenoxy) is 1. The Bertz CT molecular complexity index is 81.4. The van der Waals surface area contributed by atoms with Gasteiger partial charge in [0.2, 0.25) is 0 Å². The molecule has 5 heteroatoms. The molecule has 46 valence electrons. The Hall–Kier alpha value is -0.545. The van der Waals surface area contributed by atoms with Crippen molar-refractivity contribution in [2.45, 2.75) is 6.92 Å². The van der Waals surface area contributed by atoms with E-state index in [-0.39, 0.29) is 6.51 Å². The molecule has 0 heterocycles. The van der Waals surface area contributed by atoms with E-state index in [0.717, 1.165) is 0 Å². The summed E-state index contributed by atoms with van der Waals surface area (Å²) < 4.78 is 4.16. The van der Waals surface area contributed by atoms with Crippen LogP contribution in [-0.2, 0) is 9.53 Å². The van der Waals surface area contributed by atoms with Crippen molar-refractivity contribution < 1.29 is 19.6 Å².